The Morgan fingerprint density at radius 3 is 2.00 bits per heavy atom. The Hall–Kier alpha value is 0.799. The molecule has 0 aromatic carbocycles. The minimum atomic E-state index is 0. The van der Waals surface area contributed by atoms with Gasteiger partial charge in [-0.15, -0.1) is 0 Å². The molecule has 0 rings (SSSR count). The topological polar surface area (TPSA) is 0 Å². The van der Waals surface area contributed by atoms with Crippen molar-refractivity contribution in [2.75, 3.05) is 0 Å². The van der Waals surface area contributed by atoms with Crippen molar-refractivity contribution in [1.29, 1.82) is 0 Å². The SMILES string of the molecule is [CH2]CCCCC.[SnH2]. The van der Waals surface area contributed by atoms with E-state index in [1.807, 2.05) is 0 Å². The third-order valence-corrected chi connectivity index (χ3v) is 0.854. The molecule has 0 atom stereocenters. The van der Waals surface area contributed by atoms with Gasteiger partial charge >= 0.3 is 23.9 Å². The summed E-state index contributed by atoms with van der Waals surface area (Å²) in [6.07, 6.45) is 5.07. The number of hydrogen-bond donors (Lipinski definition) is 0. The van der Waals surface area contributed by atoms with E-state index in [9.17, 15) is 0 Å². The van der Waals surface area contributed by atoms with Gasteiger partial charge < -0.3 is 0 Å². The fraction of sp³-hybridized carbons (Fsp3) is 0.833. The molecule has 0 heterocycles. The van der Waals surface area contributed by atoms with E-state index >= 15 is 0 Å². The first-order valence-corrected chi connectivity index (χ1v) is 2.71. The molecule has 0 aliphatic carbocycles. The molecule has 0 unspecified atom stereocenters. The molecule has 0 aromatic heterocycles. The van der Waals surface area contributed by atoms with Crippen molar-refractivity contribution in [3.8, 4) is 0 Å². The first kappa shape index (κ1) is 10.7. The predicted molar refractivity (Wildman–Crippen MR) is 38.0 cm³/mol. The Labute approximate surface area is 63.6 Å². The molecule has 7 heavy (non-hydrogen) atoms. The Morgan fingerprint density at radius 1 is 1.29 bits per heavy atom. The van der Waals surface area contributed by atoms with Crippen LogP contribution in [0.4, 0.5) is 0 Å². The third-order valence-electron chi connectivity index (χ3n) is 0.854. The van der Waals surface area contributed by atoms with E-state index in [1.54, 1.807) is 0 Å². The normalized spacial score (nSPS) is 7.71. The van der Waals surface area contributed by atoms with Crippen LogP contribution in [0.3, 0.4) is 0 Å². The molecular formula is C6H15Sn. The molecule has 3 radical (unpaired) electrons. The zero-order valence-electron chi connectivity index (χ0n) is 5.24. The fourth-order valence-electron chi connectivity index (χ4n) is 0.427. The van der Waals surface area contributed by atoms with Crippen molar-refractivity contribution >= 4 is 23.9 Å². The van der Waals surface area contributed by atoms with Crippen LogP contribution in [0.25, 0.3) is 0 Å². The predicted octanol–water partition coefficient (Wildman–Crippen LogP) is 1.48. The number of unbranched alkanes of at least 4 members (excludes halogenated alkanes) is 3. The summed E-state index contributed by atoms with van der Waals surface area (Å²) in [6, 6.07) is 0. The summed E-state index contributed by atoms with van der Waals surface area (Å²) in [4.78, 5) is 0. The van der Waals surface area contributed by atoms with Gasteiger partial charge in [0, 0.05) is 0 Å². The van der Waals surface area contributed by atoms with Crippen molar-refractivity contribution in [1.82, 2.24) is 0 Å². The summed E-state index contributed by atoms with van der Waals surface area (Å²) in [5.41, 5.74) is 0. The maximum absolute atomic E-state index is 3.72. The first-order chi connectivity index (χ1) is 2.91. The molecule has 0 aliphatic heterocycles. The van der Waals surface area contributed by atoms with E-state index in [0.29, 0.717) is 0 Å². The monoisotopic (exact) mass is 207 g/mol. The van der Waals surface area contributed by atoms with Gasteiger partial charge in [-0.3, -0.25) is 0 Å². The van der Waals surface area contributed by atoms with Crippen LogP contribution in [0.1, 0.15) is 32.6 Å². The maximum atomic E-state index is 3.72. The molecule has 0 aliphatic rings. The van der Waals surface area contributed by atoms with Gasteiger partial charge in [-0.2, -0.15) is 0 Å². The van der Waals surface area contributed by atoms with E-state index in [-0.39, 0.29) is 23.9 Å². The van der Waals surface area contributed by atoms with E-state index in [0.717, 1.165) is 6.42 Å². The van der Waals surface area contributed by atoms with E-state index in [4.69, 9.17) is 0 Å². The summed E-state index contributed by atoms with van der Waals surface area (Å²) >= 11 is 0. The molecule has 0 bridgehead atoms. The van der Waals surface area contributed by atoms with Crippen LogP contribution < -0.4 is 0 Å². The van der Waals surface area contributed by atoms with E-state index in [1.165, 1.54) is 19.3 Å². The molecule has 0 amide bonds. The second-order valence-corrected chi connectivity index (χ2v) is 1.56. The Balaban J connectivity index is 0. The molecule has 0 N–H and O–H groups in total. The first-order valence-electron chi connectivity index (χ1n) is 2.71. The fourth-order valence-corrected chi connectivity index (χ4v) is 0.427. The molecule has 0 fully saturated rings. The Bertz CT molecular complexity index is 16.1. The van der Waals surface area contributed by atoms with Crippen LogP contribution in [0, 0.1) is 6.92 Å². The molecule has 43 valence electrons. The van der Waals surface area contributed by atoms with Crippen molar-refractivity contribution in [2.24, 2.45) is 0 Å². The van der Waals surface area contributed by atoms with E-state index in [2.05, 4.69) is 13.8 Å². The van der Waals surface area contributed by atoms with Gasteiger partial charge in [0.2, 0.25) is 0 Å². The zero-order chi connectivity index (χ0) is 4.83. The van der Waals surface area contributed by atoms with Gasteiger partial charge in [0.05, 0.1) is 0 Å². The summed E-state index contributed by atoms with van der Waals surface area (Å²) in [7, 11) is 0. The molecule has 0 nitrogen and oxygen atoms in total. The van der Waals surface area contributed by atoms with Crippen molar-refractivity contribution < 1.29 is 0 Å². The van der Waals surface area contributed by atoms with E-state index < -0.39 is 0 Å². The van der Waals surface area contributed by atoms with Gasteiger partial charge in [0.1, 0.15) is 0 Å². The van der Waals surface area contributed by atoms with Gasteiger partial charge in [-0.05, 0) is 0 Å². The summed E-state index contributed by atoms with van der Waals surface area (Å²) in [5.74, 6) is 0. The molecule has 0 aromatic rings. The summed E-state index contributed by atoms with van der Waals surface area (Å²) in [5, 5.41) is 0. The molecule has 0 saturated heterocycles. The third kappa shape index (κ3) is 10.8. The van der Waals surface area contributed by atoms with Gasteiger partial charge in [-0.25, -0.2) is 0 Å². The molecular weight excluding hydrogens is 191 g/mol. The van der Waals surface area contributed by atoms with Gasteiger partial charge in [0.25, 0.3) is 0 Å². The van der Waals surface area contributed by atoms with Crippen LogP contribution in [-0.4, -0.2) is 23.9 Å². The van der Waals surface area contributed by atoms with Crippen LogP contribution in [0.5, 0.6) is 0 Å². The quantitative estimate of drug-likeness (QED) is 0.484. The van der Waals surface area contributed by atoms with Crippen molar-refractivity contribution in [3.05, 3.63) is 6.92 Å². The second-order valence-electron chi connectivity index (χ2n) is 1.56. The zero-order valence-corrected chi connectivity index (χ0v) is 9.28. The standard InChI is InChI=1S/C6H13.Sn.2H/c1-3-5-6-4-2;;;/h1,3-6H2,2H3;;;. The van der Waals surface area contributed by atoms with Crippen molar-refractivity contribution in [2.45, 2.75) is 32.6 Å². The Morgan fingerprint density at radius 2 is 1.86 bits per heavy atom. The summed E-state index contributed by atoms with van der Waals surface area (Å²) in [6.45, 7) is 5.93. The van der Waals surface area contributed by atoms with Crippen LogP contribution in [0.15, 0.2) is 0 Å². The van der Waals surface area contributed by atoms with Crippen LogP contribution in [-0.2, 0) is 0 Å². The van der Waals surface area contributed by atoms with Gasteiger partial charge in [0.15, 0.2) is 0 Å². The molecule has 1 heteroatoms. The average molecular weight is 206 g/mol. The number of hydrogen-bond acceptors (Lipinski definition) is 0. The molecule has 0 spiro atoms. The summed E-state index contributed by atoms with van der Waals surface area (Å²) < 4.78 is 0. The van der Waals surface area contributed by atoms with Crippen LogP contribution in [0.2, 0.25) is 0 Å². The van der Waals surface area contributed by atoms with Crippen molar-refractivity contribution in [3.63, 3.8) is 0 Å². The molecule has 0 saturated carbocycles. The second kappa shape index (κ2) is 9.93. The van der Waals surface area contributed by atoms with Crippen LogP contribution >= 0.6 is 0 Å². The number of rotatable bonds is 3. The average Bonchev–Trinajstić information content (AvgIpc) is 1.61. The minimum absolute atomic E-state index is 0. The Kier molecular flexibility index (Phi) is 15.2. The van der Waals surface area contributed by atoms with Gasteiger partial charge in [-0.1, -0.05) is 39.5 Å².